The number of alkyl halides is 3. The Hall–Kier alpha value is -3.95. The minimum absolute atomic E-state index is 0.00755. The number of nitrogens with one attached hydrogen (secondary N) is 2. The quantitative estimate of drug-likeness (QED) is 0.267. The van der Waals surface area contributed by atoms with Crippen molar-refractivity contribution in [3.05, 3.63) is 71.9 Å². The van der Waals surface area contributed by atoms with Crippen molar-refractivity contribution in [1.29, 1.82) is 0 Å². The molecular formula is C25H26F3N5O6S. The van der Waals surface area contributed by atoms with Crippen LogP contribution in [0.1, 0.15) is 11.1 Å². The highest BCUT2D eigenvalue weighted by Crippen LogP contribution is 2.34. The minimum Gasteiger partial charge on any atom is -0.432 e. The monoisotopic (exact) mass is 581 g/mol. The Kier molecular flexibility index (Phi) is 9.39. The third-order valence-corrected chi connectivity index (χ3v) is 7.54. The van der Waals surface area contributed by atoms with Crippen LogP contribution in [0.3, 0.4) is 0 Å². The Morgan fingerprint density at radius 2 is 1.73 bits per heavy atom. The standard InChI is InChI=1S/C25H26F3N5O6S/c26-25(27,28)21-16-30-23(31-19-6-8-20(9-7-19)40(35,36)33-11-14-37-15-12-33)32-22(21)29-10-13-38-24(34)39-17-18-4-2-1-3-5-18/h1-9,16H,10-15,17H2,(H2,29,30,31,32). The van der Waals surface area contributed by atoms with E-state index in [4.69, 9.17) is 14.2 Å². The average molecular weight is 582 g/mol. The normalized spacial score (nSPS) is 14.4. The number of nitrogens with zero attached hydrogens (tertiary/aromatic N) is 3. The Morgan fingerprint density at radius 1 is 1.02 bits per heavy atom. The van der Waals surface area contributed by atoms with E-state index in [0.717, 1.165) is 5.56 Å². The van der Waals surface area contributed by atoms with Crippen molar-refractivity contribution >= 4 is 33.6 Å². The number of benzene rings is 2. The molecule has 0 aliphatic carbocycles. The number of halogens is 3. The lowest BCUT2D eigenvalue weighted by molar-refractivity contribution is -0.137. The van der Waals surface area contributed by atoms with E-state index in [-0.39, 0.29) is 43.7 Å². The second kappa shape index (κ2) is 12.9. The summed E-state index contributed by atoms with van der Waals surface area (Å²) in [7, 11) is -3.70. The maximum Gasteiger partial charge on any atom is 0.508 e. The number of anilines is 3. The molecule has 40 heavy (non-hydrogen) atoms. The molecule has 0 radical (unpaired) electrons. The van der Waals surface area contributed by atoms with Crippen molar-refractivity contribution in [1.82, 2.24) is 14.3 Å². The van der Waals surface area contributed by atoms with Crippen LogP contribution < -0.4 is 10.6 Å². The van der Waals surface area contributed by atoms with Crippen LogP contribution in [0.4, 0.5) is 35.4 Å². The predicted molar refractivity (Wildman–Crippen MR) is 137 cm³/mol. The number of hydrogen-bond donors (Lipinski definition) is 2. The molecule has 214 valence electrons. The van der Waals surface area contributed by atoms with E-state index in [1.807, 2.05) is 6.07 Å². The molecule has 0 spiro atoms. The maximum absolute atomic E-state index is 13.5. The van der Waals surface area contributed by atoms with Crippen LogP contribution in [0.15, 0.2) is 65.7 Å². The minimum atomic E-state index is -4.74. The van der Waals surface area contributed by atoms with Crippen molar-refractivity contribution in [3.8, 4) is 0 Å². The number of sulfonamides is 1. The molecule has 4 rings (SSSR count). The Balaban J connectivity index is 1.35. The van der Waals surface area contributed by atoms with Crippen molar-refractivity contribution in [2.24, 2.45) is 0 Å². The van der Waals surface area contributed by atoms with E-state index >= 15 is 0 Å². The van der Waals surface area contributed by atoms with Gasteiger partial charge in [0.15, 0.2) is 0 Å². The van der Waals surface area contributed by atoms with Crippen LogP contribution in [0.25, 0.3) is 0 Å². The summed E-state index contributed by atoms with van der Waals surface area (Å²) in [4.78, 5) is 19.5. The number of hydrogen-bond acceptors (Lipinski definition) is 10. The van der Waals surface area contributed by atoms with Gasteiger partial charge in [0.05, 0.1) is 24.7 Å². The molecule has 2 N–H and O–H groups in total. The molecule has 1 aromatic heterocycles. The summed E-state index contributed by atoms with van der Waals surface area (Å²) < 4.78 is 82.4. The first-order chi connectivity index (χ1) is 19.1. The van der Waals surface area contributed by atoms with Gasteiger partial charge >= 0.3 is 12.3 Å². The predicted octanol–water partition coefficient (Wildman–Crippen LogP) is 4.03. The summed E-state index contributed by atoms with van der Waals surface area (Å²) in [5, 5.41) is 5.26. The Bertz CT molecular complexity index is 1390. The molecule has 3 aromatic rings. The summed E-state index contributed by atoms with van der Waals surface area (Å²) in [5.41, 5.74) is -0.00503. The first-order valence-electron chi connectivity index (χ1n) is 12.1. The lowest BCUT2D eigenvalue weighted by Crippen LogP contribution is -2.40. The van der Waals surface area contributed by atoms with Gasteiger partial charge in [0.25, 0.3) is 0 Å². The van der Waals surface area contributed by atoms with E-state index in [9.17, 15) is 26.4 Å². The van der Waals surface area contributed by atoms with E-state index in [1.165, 1.54) is 28.6 Å². The van der Waals surface area contributed by atoms with Crippen LogP contribution >= 0.6 is 0 Å². The maximum atomic E-state index is 13.5. The number of carbonyl (C=O) groups is 1. The fraction of sp³-hybridized carbons (Fsp3) is 0.320. The van der Waals surface area contributed by atoms with Gasteiger partial charge in [-0.25, -0.2) is 18.2 Å². The lowest BCUT2D eigenvalue weighted by Gasteiger charge is -2.26. The lowest BCUT2D eigenvalue weighted by atomic mass is 10.2. The molecule has 0 bridgehead atoms. The smallest absolute Gasteiger partial charge is 0.432 e. The van der Waals surface area contributed by atoms with Gasteiger partial charge in [-0.3, -0.25) is 0 Å². The largest absolute Gasteiger partial charge is 0.508 e. The number of aromatic nitrogens is 2. The van der Waals surface area contributed by atoms with Gasteiger partial charge in [-0.2, -0.15) is 22.5 Å². The first-order valence-corrected chi connectivity index (χ1v) is 13.5. The van der Waals surface area contributed by atoms with E-state index < -0.39 is 33.7 Å². The highest BCUT2D eigenvalue weighted by molar-refractivity contribution is 7.89. The van der Waals surface area contributed by atoms with Crippen LogP contribution in [0.2, 0.25) is 0 Å². The SMILES string of the molecule is O=C(OCCNc1nc(Nc2ccc(S(=O)(=O)N3CCOCC3)cc2)ncc1C(F)(F)F)OCc1ccccc1. The van der Waals surface area contributed by atoms with Crippen molar-refractivity contribution in [2.45, 2.75) is 17.7 Å². The summed E-state index contributed by atoms with van der Waals surface area (Å²) in [6.07, 6.45) is -5.10. The molecule has 1 fully saturated rings. The third kappa shape index (κ3) is 7.80. The van der Waals surface area contributed by atoms with Crippen LogP contribution in [-0.4, -0.2) is 68.3 Å². The van der Waals surface area contributed by atoms with Crippen molar-refractivity contribution < 1.29 is 40.6 Å². The third-order valence-electron chi connectivity index (χ3n) is 5.63. The van der Waals surface area contributed by atoms with Gasteiger partial charge in [-0.05, 0) is 29.8 Å². The van der Waals surface area contributed by atoms with E-state index in [0.29, 0.717) is 25.1 Å². The van der Waals surface area contributed by atoms with Gasteiger partial charge in [-0.1, -0.05) is 30.3 Å². The fourth-order valence-electron chi connectivity index (χ4n) is 3.62. The molecule has 0 saturated carbocycles. The molecule has 15 heteroatoms. The summed E-state index contributed by atoms with van der Waals surface area (Å²) >= 11 is 0. The molecule has 1 saturated heterocycles. The molecule has 0 unspecified atom stereocenters. The second-order valence-electron chi connectivity index (χ2n) is 8.42. The number of rotatable bonds is 10. The molecule has 11 nitrogen and oxygen atoms in total. The van der Waals surface area contributed by atoms with Crippen molar-refractivity contribution in [2.75, 3.05) is 50.1 Å². The summed E-state index contributed by atoms with van der Waals surface area (Å²) in [5.74, 6) is -0.694. The number of carbonyl (C=O) groups excluding carboxylic acids is 1. The molecule has 2 heterocycles. The molecular weight excluding hydrogens is 555 g/mol. The topological polar surface area (TPSA) is 132 Å². The summed E-state index contributed by atoms with van der Waals surface area (Å²) in [6.45, 7) is 0.641. The van der Waals surface area contributed by atoms with E-state index in [1.54, 1.807) is 24.3 Å². The molecule has 2 aromatic carbocycles. The van der Waals surface area contributed by atoms with Gasteiger partial charge in [0, 0.05) is 25.0 Å². The summed E-state index contributed by atoms with van der Waals surface area (Å²) in [6, 6.07) is 14.6. The Morgan fingerprint density at radius 3 is 2.40 bits per heavy atom. The van der Waals surface area contributed by atoms with Crippen LogP contribution in [0.5, 0.6) is 0 Å². The first kappa shape index (κ1) is 29.0. The molecule has 1 aliphatic rings. The highest BCUT2D eigenvalue weighted by Gasteiger charge is 2.35. The van der Waals surface area contributed by atoms with Gasteiger partial charge in [0.2, 0.25) is 16.0 Å². The van der Waals surface area contributed by atoms with Gasteiger partial charge in [-0.15, -0.1) is 0 Å². The van der Waals surface area contributed by atoms with Gasteiger partial charge < -0.3 is 24.8 Å². The zero-order valence-electron chi connectivity index (χ0n) is 21.1. The Labute approximate surface area is 228 Å². The zero-order chi connectivity index (χ0) is 28.6. The fourth-order valence-corrected chi connectivity index (χ4v) is 5.03. The zero-order valence-corrected chi connectivity index (χ0v) is 21.9. The van der Waals surface area contributed by atoms with Crippen molar-refractivity contribution in [3.63, 3.8) is 0 Å². The second-order valence-corrected chi connectivity index (χ2v) is 10.4. The number of morpholine rings is 1. The van der Waals surface area contributed by atoms with Crippen LogP contribution in [0, 0.1) is 0 Å². The average Bonchev–Trinajstić information content (AvgIpc) is 2.95. The van der Waals surface area contributed by atoms with E-state index in [2.05, 4.69) is 20.6 Å². The molecule has 0 atom stereocenters. The molecule has 1 aliphatic heterocycles. The number of ether oxygens (including phenoxy) is 3. The molecule has 0 amide bonds. The highest BCUT2D eigenvalue weighted by atomic mass is 32.2. The van der Waals surface area contributed by atoms with Gasteiger partial charge in [0.1, 0.15) is 24.6 Å². The van der Waals surface area contributed by atoms with Crippen LogP contribution in [-0.2, 0) is 37.0 Å².